The van der Waals surface area contributed by atoms with Crippen molar-refractivity contribution in [1.82, 2.24) is 24.2 Å². The van der Waals surface area contributed by atoms with E-state index >= 15 is 0 Å². The van der Waals surface area contributed by atoms with Gasteiger partial charge >= 0.3 is 0 Å². The summed E-state index contributed by atoms with van der Waals surface area (Å²) in [7, 11) is 3.44. The third kappa shape index (κ3) is 11.3. The van der Waals surface area contributed by atoms with Crippen molar-refractivity contribution in [1.29, 1.82) is 0 Å². The van der Waals surface area contributed by atoms with Crippen molar-refractivity contribution in [2.45, 2.75) is 50.2 Å². The van der Waals surface area contributed by atoms with E-state index < -0.39 is 36.6 Å². The molecule has 2 aliphatic heterocycles. The molecule has 4 aromatic carbocycles. The van der Waals surface area contributed by atoms with Crippen LogP contribution in [0.25, 0.3) is 11.2 Å². The van der Waals surface area contributed by atoms with Gasteiger partial charge in [-0.05, 0) is 53.8 Å². The predicted octanol–water partition coefficient (Wildman–Crippen LogP) is 8.47. The SMILES string of the molecule is COCCO[C@@]1(n2cnc3c(=O)[nH]c(NC(=O)C(C)C)nc32)CO[C@H](COC(c2ccccc2)(c2ccc(OC)cc2)c2ccc(OC)cc2)C1OP(SCCSC(=O)c1ccccc1)N1CCCC1. The van der Waals surface area contributed by atoms with E-state index in [9.17, 15) is 14.4 Å². The number of fused-ring (bicyclic) bond motifs is 1. The molecule has 2 aliphatic rings. The number of amides is 1. The van der Waals surface area contributed by atoms with Crippen molar-refractivity contribution in [2.24, 2.45) is 5.92 Å². The Labute approximate surface area is 417 Å². The Morgan fingerprint density at radius 1 is 0.871 bits per heavy atom. The largest absolute Gasteiger partial charge is 0.497 e. The topological polar surface area (TPSA) is 178 Å². The van der Waals surface area contributed by atoms with Crippen LogP contribution >= 0.6 is 30.6 Å². The van der Waals surface area contributed by atoms with Gasteiger partial charge in [-0.2, -0.15) is 4.98 Å². The van der Waals surface area contributed by atoms with E-state index in [4.69, 9.17) is 37.9 Å². The number of H-pyrrole nitrogens is 1. The number of benzene rings is 4. The lowest BCUT2D eigenvalue weighted by Gasteiger charge is -2.40. The normalized spacial score (nSPS) is 18.9. The van der Waals surface area contributed by atoms with E-state index in [0.717, 1.165) is 42.6 Å². The number of aromatic amines is 1. The van der Waals surface area contributed by atoms with Gasteiger partial charge in [0.2, 0.25) is 22.7 Å². The zero-order chi connectivity index (χ0) is 49.1. The van der Waals surface area contributed by atoms with Gasteiger partial charge in [-0.1, -0.05) is 122 Å². The quantitative estimate of drug-likeness (QED) is 0.0355. The highest BCUT2D eigenvalue weighted by molar-refractivity contribution is 8.53. The monoisotopic (exact) mass is 1010 g/mol. The lowest BCUT2D eigenvalue weighted by Crippen LogP contribution is -2.51. The molecule has 2 fully saturated rings. The molecule has 6 aromatic rings. The molecule has 4 heterocycles. The fourth-order valence-electron chi connectivity index (χ4n) is 8.51. The Balaban J connectivity index is 1.23. The minimum absolute atomic E-state index is 0.00799. The lowest BCUT2D eigenvalue weighted by molar-refractivity contribution is -0.157. The van der Waals surface area contributed by atoms with Crippen LogP contribution in [0.3, 0.4) is 0 Å². The Kier molecular flexibility index (Phi) is 17.5. The maximum atomic E-state index is 13.7. The van der Waals surface area contributed by atoms with Crippen LogP contribution in [-0.4, -0.2) is 120 Å². The molecule has 2 aromatic heterocycles. The van der Waals surface area contributed by atoms with Gasteiger partial charge in [0.15, 0.2) is 18.7 Å². The Bertz CT molecular complexity index is 2660. The van der Waals surface area contributed by atoms with E-state index in [2.05, 4.69) is 20.0 Å². The molecule has 8 rings (SSSR count). The summed E-state index contributed by atoms with van der Waals surface area (Å²) >= 11 is 2.94. The number of hydrogen-bond acceptors (Lipinski definition) is 15. The summed E-state index contributed by atoms with van der Waals surface area (Å²) in [5.74, 6) is 1.81. The molecule has 0 spiro atoms. The van der Waals surface area contributed by atoms with Crippen LogP contribution in [0, 0.1) is 5.92 Å². The average molecular weight is 1010 g/mol. The fourth-order valence-corrected chi connectivity index (χ4v) is 13.8. The average Bonchev–Trinajstić information content (AvgIpc) is 4.17. The van der Waals surface area contributed by atoms with Crippen LogP contribution in [0.2, 0.25) is 0 Å². The highest BCUT2D eigenvalue weighted by Crippen LogP contribution is 2.59. The zero-order valence-corrected chi connectivity index (χ0v) is 42.4. The lowest BCUT2D eigenvalue weighted by atomic mass is 9.80. The van der Waals surface area contributed by atoms with Crippen molar-refractivity contribution in [3.63, 3.8) is 0 Å². The van der Waals surface area contributed by atoms with E-state index in [-0.39, 0.29) is 60.5 Å². The highest BCUT2D eigenvalue weighted by Gasteiger charge is 2.57. The van der Waals surface area contributed by atoms with Crippen molar-refractivity contribution in [2.75, 3.05) is 77.7 Å². The number of ether oxygens (including phenoxy) is 6. The van der Waals surface area contributed by atoms with Crippen molar-refractivity contribution >= 4 is 58.8 Å². The smallest absolute Gasteiger partial charge is 0.280 e. The summed E-state index contributed by atoms with van der Waals surface area (Å²) in [6.07, 6.45) is 1.79. The third-order valence-corrected chi connectivity index (χ3v) is 17.4. The van der Waals surface area contributed by atoms with Gasteiger partial charge in [0.1, 0.15) is 29.3 Å². The number of anilines is 1. The van der Waals surface area contributed by atoms with E-state index in [0.29, 0.717) is 28.6 Å². The minimum atomic E-state index is -1.50. The number of methoxy groups -OCH3 is 3. The number of nitrogens with zero attached hydrogens (tertiary/aromatic N) is 4. The Morgan fingerprint density at radius 3 is 2.11 bits per heavy atom. The molecule has 19 heteroatoms. The highest BCUT2D eigenvalue weighted by atomic mass is 32.7. The molecule has 0 radical (unpaired) electrons. The molecule has 2 N–H and O–H groups in total. The summed E-state index contributed by atoms with van der Waals surface area (Å²) in [6, 6.07) is 34.9. The maximum absolute atomic E-state index is 13.7. The van der Waals surface area contributed by atoms with Gasteiger partial charge < -0.3 is 32.9 Å². The van der Waals surface area contributed by atoms with Crippen molar-refractivity contribution < 1.29 is 42.5 Å². The van der Waals surface area contributed by atoms with Crippen LogP contribution < -0.4 is 20.3 Å². The first-order valence-corrected chi connectivity index (χ1v) is 27.0. The second-order valence-corrected chi connectivity index (χ2v) is 21.7. The van der Waals surface area contributed by atoms with Gasteiger partial charge in [0.25, 0.3) is 5.56 Å². The molecule has 70 heavy (non-hydrogen) atoms. The molecule has 370 valence electrons. The summed E-state index contributed by atoms with van der Waals surface area (Å²) < 4.78 is 49.8. The number of imidazole rings is 1. The van der Waals surface area contributed by atoms with E-state index in [1.165, 1.54) is 18.1 Å². The molecular formula is C51H59N6O10PS2. The van der Waals surface area contributed by atoms with Crippen LogP contribution in [-0.2, 0) is 39.6 Å². The first-order valence-electron chi connectivity index (χ1n) is 23.2. The molecule has 0 aliphatic carbocycles. The molecule has 0 saturated carbocycles. The molecule has 1 amide bonds. The van der Waals surface area contributed by atoms with Gasteiger partial charge in [-0.25, -0.2) is 4.98 Å². The summed E-state index contributed by atoms with van der Waals surface area (Å²) in [6.45, 7) is 5.38. The van der Waals surface area contributed by atoms with Crippen LogP contribution in [0.4, 0.5) is 5.95 Å². The number of aromatic nitrogens is 4. The minimum Gasteiger partial charge on any atom is -0.497 e. The molecule has 2 saturated heterocycles. The number of nitrogens with one attached hydrogen (secondary N) is 2. The summed E-state index contributed by atoms with van der Waals surface area (Å²) in [5.41, 5.74) is 0.124. The first kappa shape index (κ1) is 51.2. The van der Waals surface area contributed by atoms with Gasteiger partial charge in [-0.3, -0.25) is 33.9 Å². The molecule has 0 bridgehead atoms. The predicted molar refractivity (Wildman–Crippen MR) is 274 cm³/mol. The number of hydrogen-bond donors (Lipinski definition) is 2. The molecule has 4 atom stereocenters. The number of thioether (sulfide) groups is 1. The maximum Gasteiger partial charge on any atom is 0.280 e. The standard InChI is InChI=1S/C51H59N6O10PS2/c1-35(2)46(58)54-49-53-45-43(47(59)55-49)52-34-57(45)50(65-29-28-61-3)33-64-42(44(50)67-68(56-26-12-13-27-56)70-31-30-69-48(60)36-14-8-6-9-15-36)32-66-51(37-16-10-7-11-17-37,38-18-22-40(62-4)23-19-38)39-20-24-41(63-5)25-21-39/h6-11,14-25,34-35,42,44H,12-13,26-33H2,1-5H3,(H2,53,54,55,58,59)/t42-,44?,50+,68?/m1/s1. The van der Waals surface area contributed by atoms with Crippen molar-refractivity contribution in [3.05, 3.63) is 148 Å². The summed E-state index contributed by atoms with van der Waals surface area (Å²) in [4.78, 5) is 51.8. The molecule has 2 unspecified atom stereocenters. The van der Waals surface area contributed by atoms with Gasteiger partial charge in [0.05, 0.1) is 47.0 Å². The van der Waals surface area contributed by atoms with Gasteiger partial charge in [0, 0.05) is 43.2 Å². The second kappa shape index (κ2) is 23.8. The first-order chi connectivity index (χ1) is 34.1. The number of rotatable bonds is 23. The summed E-state index contributed by atoms with van der Waals surface area (Å²) in [5, 5.41) is 2.75. The second-order valence-electron chi connectivity index (χ2n) is 17.0. The molecular weight excluding hydrogens is 952 g/mol. The van der Waals surface area contributed by atoms with Gasteiger partial charge in [-0.15, -0.1) is 0 Å². The molecule has 16 nitrogen and oxygen atoms in total. The van der Waals surface area contributed by atoms with E-state index in [1.54, 1.807) is 51.1 Å². The van der Waals surface area contributed by atoms with Crippen LogP contribution in [0.15, 0.2) is 120 Å². The fraction of sp³-hybridized carbons (Fsp3) is 0.392. The van der Waals surface area contributed by atoms with Crippen LogP contribution in [0.1, 0.15) is 53.7 Å². The van der Waals surface area contributed by atoms with E-state index in [1.807, 2.05) is 109 Å². The Hall–Kier alpha value is -5.14. The Morgan fingerprint density at radius 2 is 1.50 bits per heavy atom. The van der Waals surface area contributed by atoms with Crippen molar-refractivity contribution in [3.8, 4) is 11.5 Å². The number of carbonyl (C=O) groups excluding carboxylic acids is 2. The van der Waals surface area contributed by atoms with Crippen LogP contribution in [0.5, 0.6) is 11.5 Å². The zero-order valence-electron chi connectivity index (χ0n) is 39.9. The third-order valence-electron chi connectivity index (χ3n) is 12.2. The number of carbonyl (C=O) groups is 2.